The van der Waals surface area contributed by atoms with Crippen molar-refractivity contribution in [1.82, 2.24) is 0 Å². The number of aliphatic hydroxyl groups excluding tert-OH is 1. The molecule has 0 unspecified atom stereocenters. The largest absolute Gasteiger partial charge is 0.477 e. The van der Waals surface area contributed by atoms with E-state index >= 15 is 0 Å². The molecule has 3 rings (SSSR count). The van der Waals surface area contributed by atoms with Crippen LogP contribution in [0.1, 0.15) is 93.6 Å². The van der Waals surface area contributed by atoms with E-state index in [9.17, 15) is 19.8 Å². The van der Waals surface area contributed by atoms with Crippen molar-refractivity contribution in [2.75, 3.05) is 4.90 Å². The van der Waals surface area contributed by atoms with Crippen LogP contribution in [-0.2, 0) is 4.79 Å². The number of carboxylic acids is 1. The van der Waals surface area contributed by atoms with Crippen molar-refractivity contribution in [1.29, 1.82) is 0 Å². The first-order chi connectivity index (χ1) is 14.5. The minimum atomic E-state index is -1.02. The van der Waals surface area contributed by atoms with Gasteiger partial charge >= 0.3 is 5.97 Å². The Morgan fingerprint density at radius 3 is 2.12 bits per heavy atom. The number of hydrogen-bond acceptors (Lipinski definition) is 4. The fourth-order valence-electron chi connectivity index (χ4n) is 4.54. The van der Waals surface area contributed by atoms with Gasteiger partial charge in [0.1, 0.15) is 4.88 Å². The molecule has 2 saturated carbocycles. The molecular formula is C25H39NO6S. The minimum Gasteiger partial charge on any atom is -0.477 e. The van der Waals surface area contributed by atoms with Crippen LogP contribution in [0.3, 0.4) is 0 Å². The molecule has 0 bridgehead atoms. The molecule has 1 aromatic heterocycles. The zero-order chi connectivity index (χ0) is 22.8. The molecule has 186 valence electrons. The fraction of sp³-hybridized carbons (Fsp3) is 0.680. The summed E-state index contributed by atoms with van der Waals surface area (Å²) in [5.74, 6) is 5.89. The van der Waals surface area contributed by atoms with Gasteiger partial charge in [0.05, 0.1) is 16.7 Å². The third kappa shape index (κ3) is 7.54. The van der Waals surface area contributed by atoms with Crippen molar-refractivity contribution in [3.63, 3.8) is 0 Å². The Bertz CT molecular complexity index is 862. The van der Waals surface area contributed by atoms with Gasteiger partial charge in [0, 0.05) is 17.4 Å². The summed E-state index contributed by atoms with van der Waals surface area (Å²) in [4.78, 5) is 28.5. The summed E-state index contributed by atoms with van der Waals surface area (Å²) in [5.41, 5.74) is 0.294. The number of anilines is 1. The summed E-state index contributed by atoms with van der Waals surface area (Å²) >= 11 is 1.15. The zero-order valence-electron chi connectivity index (χ0n) is 20.1. The molecule has 0 saturated heterocycles. The van der Waals surface area contributed by atoms with Crippen LogP contribution in [0.5, 0.6) is 0 Å². The first-order valence-electron chi connectivity index (χ1n) is 11.5. The Balaban J connectivity index is 0.00000272. The van der Waals surface area contributed by atoms with Crippen LogP contribution in [0.25, 0.3) is 0 Å². The Hall–Kier alpha value is -1.92. The van der Waals surface area contributed by atoms with E-state index in [0.29, 0.717) is 42.2 Å². The quantitative estimate of drug-likeness (QED) is 0.633. The molecule has 8 heteroatoms. The molecule has 2 fully saturated rings. The summed E-state index contributed by atoms with van der Waals surface area (Å²) in [6, 6.07) is 1.72. The summed E-state index contributed by atoms with van der Waals surface area (Å²) in [7, 11) is 0. The third-order valence-electron chi connectivity index (χ3n) is 6.36. The van der Waals surface area contributed by atoms with Crippen molar-refractivity contribution >= 4 is 28.9 Å². The molecule has 1 aromatic rings. The highest BCUT2D eigenvalue weighted by Crippen LogP contribution is 2.38. The second-order valence-corrected chi connectivity index (χ2v) is 11.3. The molecule has 1 heterocycles. The Kier molecular flexibility index (Phi) is 10.6. The van der Waals surface area contributed by atoms with Gasteiger partial charge in [-0.2, -0.15) is 0 Å². The van der Waals surface area contributed by atoms with Crippen molar-refractivity contribution in [3.8, 4) is 11.8 Å². The maximum atomic E-state index is 13.7. The Morgan fingerprint density at radius 1 is 1.03 bits per heavy atom. The fourth-order valence-corrected chi connectivity index (χ4v) is 5.38. The maximum absolute atomic E-state index is 13.7. The van der Waals surface area contributed by atoms with Gasteiger partial charge < -0.3 is 26.1 Å². The Morgan fingerprint density at radius 2 is 1.61 bits per heavy atom. The number of amides is 1. The molecule has 2 aliphatic carbocycles. The standard InChI is InChI=1S/C25H35NO4S.2H2O/c1-16-5-7-17(8-6-16)23(28)26(18-9-11-19(27)12-10-18)21-15-20(13-14-25(2,3)4)31-22(21)24(29)30;;/h15-19,27H,5-12H2,1-4H3,(H,29,30);2*1H2. The van der Waals surface area contributed by atoms with Crippen LogP contribution in [-0.4, -0.2) is 45.2 Å². The third-order valence-corrected chi connectivity index (χ3v) is 7.39. The molecular weight excluding hydrogens is 442 g/mol. The number of aromatic carboxylic acids is 1. The van der Waals surface area contributed by atoms with E-state index in [2.05, 4.69) is 18.8 Å². The first-order valence-corrected chi connectivity index (χ1v) is 12.3. The number of rotatable bonds is 4. The highest BCUT2D eigenvalue weighted by molar-refractivity contribution is 7.15. The lowest BCUT2D eigenvalue weighted by molar-refractivity contribution is -0.124. The second-order valence-electron chi connectivity index (χ2n) is 10.3. The summed E-state index contributed by atoms with van der Waals surface area (Å²) in [6.45, 7) is 8.27. The lowest BCUT2D eigenvalue weighted by atomic mass is 9.81. The van der Waals surface area contributed by atoms with Gasteiger partial charge in [-0.05, 0) is 84.1 Å². The molecule has 2 aliphatic rings. The van der Waals surface area contributed by atoms with Gasteiger partial charge in [0.2, 0.25) is 5.91 Å². The van der Waals surface area contributed by atoms with Crippen LogP contribution >= 0.6 is 11.3 Å². The lowest BCUT2D eigenvalue weighted by Crippen LogP contribution is -2.47. The van der Waals surface area contributed by atoms with Gasteiger partial charge in [0.25, 0.3) is 0 Å². The van der Waals surface area contributed by atoms with Crippen molar-refractivity contribution in [2.45, 2.75) is 91.2 Å². The van der Waals surface area contributed by atoms with Gasteiger partial charge in [-0.1, -0.05) is 18.8 Å². The molecule has 0 aliphatic heterocycles. The number of carboxylic acid groups (broad SMARTS) is 1. The van der Waals surface area contributed by atoms with Crippen LogP contribution in [0.2, 0.25) is 0 Å². The molecule has 0 spiro atoms. The van der Waals surface area contributed by atoms with Crippen molar-refractivity contribution in [2.24, 2.45) is 17.3 Å². The maximum Gasteiger partial charge on any atom is 0.348 e. The summed E-state index contributed by atoms with van der Waals surface area (Å²) in [5, 5.41) is 19.9. The van der Waals surface area contributed by atoms with E-state index in [1.54, 1.807) is 11.0 Å². The average Bonchev–Trinajstić information content (AvgIpc) is 3.12. The van der Waals surface area contributed by atoms with E-state index in [0.717, 1.165) is 37.0 Å². The predicted molar refractivity (Wildman–Crippen MR) is 132 cm³/mol. The normalized spacial score (nSPS) is 25.0. The van der Waals surface area contributed by atoms with Crippen LogP contribution in [0.4, 0.5) is 5.69 Å². The van der Waals surface area contributed by atoms with Gasteiger partial charge in [-0.15, -0.1) is 11.3 Å². The molecule has 7 nitrogen and oxygen atoms in total. The topological polar surface area (TPSA) is 141 Å². The number of carbonyl (C=O) groups is 2. The second kappa shape index (κ2) is 12.0. The van der Waals surface area contributed by atoms with E-state index in [4.69, 9.17) is 0 Å². The molecule has 0 atom stereocenters. The number of hydrogen-bond donors (Lipinski definition) is 2. The van der Waals surface area contributed by atoms with E-state index in [1.807, 2.05) is 20.8 Å². The van der Waals surface area contributed by atoms with Crippen LogP contribution in [0, 0.1) is 29.1 Å². The van der Waals surface area contributed by atoms with Gasteiger partial charge in [-0.3, -0.25) is 4.79 Å². The van der Waals surface area contributed by atoms with E-state index in [1.165, 1.54) is 0 Å². The summed E-state index contributed by atoms with van der Waals surface area (Å²) in [6.07, 6.45) is 6.10. The van der Waals surface area contributed by atoms with Crippen LogP contribution in [0.15, 0.2) is 6.07 Å². The number of carbonyl (C=O) groups excluding carboxylic acids is 1. The number of nitrogens with zero attached hydrogens (tertiary/aromatic N) is 1. The molecule has 1 amide bonds. The monoisotopic (exact) mass is 481 g/mol. The molecule has 0 aromatic carbocycles. The van der Waals surface area contributed by atoms with Crippen LogP contribution < -0.4 is 4.90 Å². The molecule has 33 heavy (non-hydrogen) atoms. The van der Waals surface area contributed by atoms with Crippen molar-refractivity contribution in [3.05, 3.63) is 15.8 Å². The highest BCUT2D eigenvalue weighted by Gasteiger charge is 2.37. The first kappa shape index (κ1) is 29.1. The Labute approximate surface area is 200 Å². The molecule has 6 N–H and O–H groups in total. The predicted octanol–water partition coefficient (Wildman–Crippen LogP) is 3.66. The number of thiophene rings is 1. The van der Waals surface area contributed by atoms with E-state index in [-0.39, 0.29) is 45.2 Å². The van der Waals surface area contributed by atoms with E-state index < -0.39 is 5.97 Å². The van der Waals surface area contributed by atoms with Gasteiger partial charge in [-0.25, -0.2) is 4.79 Å². The zero-order valence-corrected chi connectivity index (χ0v) is 20.9. The minimum absolute atomic E-state index is 0. The average molecular weight is 482 g/mol. The van der Waals surface area contributed by atoms with Crippen molar-refractivity contribution < 1.29 is 30.8 Å². The number of aliphatic hydroxyl groups is 1. The molecule has 0 radical (unpaired) electrons. The lowest BCUT2D eigenvalue weighted by Gasteiger charge is -2.38. The SMILES string of the molecule is CC1CCC(C(=O)N(c2cc(C#CC(C)(C)C)sc2C(=O)O)C2CCC(O)CC2)CC1.O.O. The summed E-state index contributed by atoms with van der Waals surface area (Å²) < 4.78 is 0. The van der Waals surface area contributed by atoms with Gasteiger partial charge in [0.15, 0.2) is 0 Å². The highest BCUT2D eigenvalue weighted by atomic mass is 32.1. The smallest absolute Gasteiger partial charge is 0.348 e.